The molecule has 3 nitrogen and oxygen atoms in total. The van der Waals surface area contributed by atoms with E-state index in [1.165, 1.54) is 0 Å². The molecule has 2 rings (SSSR count). The summed E-state index contributed by atoms with van der Waals surface area (Å²) < 4.78 is 11.6. The fraction of sp³-hybridized carbons (Fsp3) is 0.375. The summed E-state index contributed by atoms with van der Waals surface area (Å²) in [6, 6.07) is 9.69. The van der Waals surface area contributed by atoms with Crippen molar-refractivity contribution in [2.24, 2.45) is 5.73 Å². The Morgan fingerprint density at radius 2 is 1.85 bits per heavy atom. The summed E-state index contributed by atoms with van der Waals surface area (Å²) in [6.45, 7) is 4.78. The Morgan fingerprint density at radius 1 is 1.15 bits per heavy atom. The van der Waals surface area contributed by atoms with Gasteiger partial charge in [-0.3, -0.25) is 0 Å². The van der Waals surface area contributed by atoms with Crippen LogP contribution in [0, 0.1) is 0 Å². The molecule has 1 heterocycles. The molecular weight excluding hydrogens is 270 g/mol. The summed E-state index contributed by atoms with van der Waals surface area (Å²) in [6.07, 6.45) is 0.882. The molecule has 108 valence electrons. The maximum Gasteiger partial charge on any atom is 0.139 e. The molecule has 0 fully saturated rings. The Morgan fingerprint density at radius 3 is 2.40 bits per heavy atom. The van der Waals surface area contributed by atoms with Crippen LogP contribution in [0.2, 0.25) is 0 Å². The van der Waals surface area contributed by atoms with Crippen LogP contribution in [0.4, 0.5) is 0 Å². The van der Waals surface area contributed by atoms with Crippen LogP contribution in [0.1, 0.15) is 31.9 Å². The molecule has 2 aromatic rings. The van der Waals surface area contributed by atoms with Gasteiger partial charge in [0.05, 0.1) is 6.61 Å². The number of benzene rings is 1. The molecule has 2 unspecified atom stereocenters. The number of hydrogen-bond acceptors (Lipinski definition) is 4. The van der Waals surface area contributed by atoms with E-state index in [4.69, 9.17) is 15.2 Å². The lowest BCUT2D eigenvalue weighted by molar-refractivity contribution is 0.180. The van der Waals surface area contributed by atoms with Crippen molar-refractivity contribution in [3.05, 3.63) is 46.7 Å². The Labute approximate surface area is 124 Å². The van der Waals surface area contributed by atoms with E-state index in [0.29, 0.717) is 0 Å². The summed E-state index contributed by atoms with van der Waals surface area (Å²) in [5.41, 5.74) is 7.15. The fourth-order valence-electron chi connectivity index (χ4n) is 1.90. The summed E-state index contributed by atoms with van der Waals surface area (Å²) in [4.78, 5) is 0. The normalized spacial score (nSPS) is 13.8. The van der Waals surface area contributed by atoms with Crippen molar-refractivity contribution in [3.8, 4) is 11.5 Å². The first-order valence-corrected chi connectivity index (χ1v) is 7.82. The van der Waals surface area contributed by atoms with E-state index in [-0.39, 0.29) is 12.1 Å². The van der Waals surface area contributed by atoms with Crippen molar-refractivity contribution in [2.75, 3.05) is 6.61 Å². The van der Waals surface area contributed by atoms with Crippen LogP contribution in [0.15, 0.2) is 41.1 Å². The first-order chi connectivity index (χ1) is 9.70. The number of hydrogen-bond donors (Lipinski definition) is 1. The van der Waals surface area contributed by atoms with Gasteiger partial charge in [0.15, 0.2) is 0 Å². The lowest BCUT2D eigenvalue weighted by atomic mass is 10.1. The largest absolute Gasteiger partial charge is 0.494 e. The van der Waals surface area contributed by atoms with E-state index in [0.717, 1.165) is 30.1 Å². The zero-order valence-corrected chi connectivity index (χ0v) is 12.7. The maximum absolute atomic E-state index is 6.03. The lowest BCUT2D eigenvalue weighted by Crippen LogP contribution is -2.28. The van der Waals surface area contributed by atoms with E-state index in [9.17, 15) is 0 Å². The van der Waals surface area contributed by atoms with Crippen LogP contribution in [0.25, 0.3) is 0 Å². The van der Waals surface area contributed by atoms with Crippen LogP contribution in [-0.4, -0.2) is 12.6 Å². The van der Waals surface area contributed by atoms with Crippen LogP contribution < -0.4 is 15.2 Å². The Kier molecular flexibility index (Phi) is 5.44. The van der Waals surface area contributed by atoms with Gasteiger partial charge >= 0.3 is 0 Å². The van der Waals surface area contributed by atoms with Gasteiger partial charge in [0.25, 0.3) is 0 Å². The number of ether oxygens (including phenoxy) is 2. The summed E-state index contributed by atoms with van der Waals surface area (Å²) in [5, 5.41) is 4.11. The van der Waals surface area contributed by atoms with Crippen LogP contribution in [0.3, 0.4) is 0 Å². The average molecular weight is 291 g/mol. The highest BCUT2D eigenvalue weighted by Crippen LogP contribution is 2.27. The fourth-order valence-corrected chi connectivity index (χ4v) is 2.58. The van der Waals surface area contributed by atoms with Crippen LogP contribution in [-0.2, 0) is 0 Å². The van der Waals surface area contributed by atoms with Crippen molar-refractivity contribution < 1.29 is 9.47 Å². The van der Waals surface area contributed by atoms with Gasteiger partial charge in [-0.05, 0) is 54.4 Å². The molecule has 0 aliphatic heterocycles. The Bertz CT molecular complexity index is 494. The second-order valence-electron chi connectivity index (χ2n) is 4.77. The van der Waals surface area contributed by atoms with Crippen molar-refractivity contribution in [1.29, 1.82) is 0 Å². The van der Waals surface area contributed by atoms with Gasteiger partial charge in [-0.15, -0.1) is 0 Å². The average Bonchev–Trinajstić information content (AvgIpc) is 2.97. The zero-order valence-electron chi connectivity index (χ0n) is 11.9. The molecule has 4 heteroatoms. The Balaban J connectivity index is 2.04. The van der Waals surface area contributed by atoms with Crippen molar-refractivity contribution in [2.45, 2.75) is 32.4 Å². The van der Waals surface area contributed by atoms with E-state index in [1.807, 2.05) is 36.6 Å². The minimum atomic E-state index is -0.122. The van der Waals surface area contributed by atoms with E-state index in [2.05, 4.69) is 18.4 Å². The van der Waals surface area contributed by atoms with Gasteiger partial charge in [0.1, 0.15) is 17.6 Å². The highest BCUT2D eigenvalue weighted by atomic mass is 32.1. The molecule has 0 aliphatic rings. The van der Waals surface area contributed by atoms with Crippen molar-refractivity contribution in [1.82, 2.24) is 0 Å². The van der Waals surface area contributed by atoms with Crippen LogP contribution >= 0.6 is 11.3 Å². The molecule has 0 bridgehead atoms. The molecule has 0 spiro atoms. The van der Waals surface area contributed by atoms with E-state index >= 15 is 0 Å². The smallest absolute Gasteiger partial charge is 0.139 e. The van der Waals surface area contributed by atoms with Crippen LogP contribution in [0.5, 0.6) is 11.5 Å². The van der Waals surface area contributed by atoms with Gasteiger partial charge in [-0.1, -0.05) is 6.92 Å². The highest BCUT2D eigenvalue weighted by molar-refractivity contribution is 7.07. The van der Waals surface area contributed by atoms with E-state index in [1.54, 1.807) is 11.3 Å². The van der Waals surface area contributed by atoms with Gasteiger partial charge < -0.3 is 15.2 Å². The molecule has 0 saturated heterocycles. The molecule has 0 amide bonds. The van der Waals surface area contributed by atoms with E-state index < -0.39 is 0 Å². The van der Waals surface area contributed by atoms with Gasteiger partial charge in [0, 0.05) is 11.6 Å². The molecular formula is C16H21NO2S. The monoisotopic (exact) mass is 291 g/mol. The number of nitrogens with two attached hydrogens (primary N) is 1. The van der Waals surface area contributed by atoms with Crippen molar-refractivity contribution >= 4 is 11.3 Å². The highest BCUT2D eigenvalue weighted by Gasteiger charge is 2.18. The predicted octanol–water partition coefficient (Wildman–Crippen LogP) is 4.00. The summed E-state index contributed by atoms with van der Waals surface area (Å²) >= 11 is 1.65. The molecule has 1 aromatic heterocycles. The standard InChI is InChI=1S/C16H21NO2S/c1-3-9-18-14-4-6-15(7-5-14)19-16(12(2)17)13-8-10-20-11-13/h4-8,10-12,16H,3,9,17H2,1-2H3. The second kappa shape index (κ2) is 7.31. The topological polar surface area (TPSA) is 44.5 Å². The minimum absolute atomic E-state index is 0.0689. The lowest BCUT2D eigenvalue weighted by Gasteiger charge is -2.22. The zero-order chi connectivity index (χ0) is 14.4. The molecule has 0 radical (unpaired) electrons. The molecule has 20 heavy (non-hydrogen) atoms. The third-order valence-electron chi connectivity index (χ3n) is 2.91. The third-order valence-corrected chi connectivity index (χ3v) is 3.61. The Hall–Kier alpha value is -1.52. The predicted molar refractivity (Wildman–Crippen MR) is 83.6 cm³/mol. The molecule has 2 N–H and O–H groups in total. The summed E-state index contributed by atoms with van der Waals surface area (Å²) in [5.74, 6) is 1.68. The third kappa shape index (κ3) is 3.99. The van der Waals surface area contributed by atoms with Gasteiger partial charge in [0.2, 0.25) is 0 Å². The molecule has 0 aliphatic carbocycles. The SMILES string of the molecule is CCCOc1ccc(OC(c2ccsc2)C(C)N)cc1. The van der Waals surface area contributed by atoms with Gasteiger partial charge in [-0.25, -0.2) is 0 Å². The summed E-state index contributed by atoms with van der Waals surface area (Å²) in [7, 11) is 0. The van der Waals surface area contributed by atoms with Crippen molar-refractivity contribution in [3.63, 3.8) is 0 Å². The number of thiophene rings is 1. The van der Waals surface area contributed by atoms with Gasteiger partial charge in [-0.2, -0.15) is 11.3 Å². The molecule has 0 saturated carbocycles. The quantitative estimate of drug-likeness (QED) is 0.838. The molecule has 1 aromatic carbocycles. The maximum atomic E-state index is 6.03. The minimum Gasteiger partial charge on any atom is -0.494 e. The first kappa shape index (κ1) is 14.9. The molecule has 2 atom stereocenters. The second-order valence-corrected chi connectivity index (χ2v) is 5.55. The number of rotatable bonds is 7. The first-order valence-electron chi connectivity index (χ1n) is 6.88.